The number of ether oxygens (including phenoxy) is 1. The smallest absolute Gasteiger partial charge is 0.192 e. The summed E-state index contributed by atoms with van der Waals surface area (Å²) in [6.45, 7) is 10.8. The SMILES string of the molecule is Cc1ccsc1CNC(=NCc1nnc(C)n1C)NCCN1CCOCC1. The summed E-state index contributed by atoms with van der Waals surface area (Å²) in [4.78, 5) is 8.44. The van der Waals surface area contributed by atoms with Gasteiger partial charge in [-0.3, -0.25) is 4.90 Å². The van der Waals surface area contributed by atoms with Gasteiger partial charge in [0.25, 0.3) is 0 Å². The van der Waals surface area contributed by atoms with E-state index in [1.807, 2.05) is 18.5 Å². The largest absolute Gasteiger partial charge is 0.379 e. The number of nitrogens with one attached hydrogen (secondary N) is 2. The zero-order chi connectivity index (χ0) is 19.1. The van der Waals surface area contributed by atoms with Crippen molar-refractivity contribution < 1.29 is 4.74 Å². The highest BCUT2D eigenvalue weighted by molar-refractivity contribution is 7.10. The quantitative estimate of drug-likeness (QED) is 0.543. The third-order valence-corrected chi connectivity index (χ3v) is 5.79. The van der Waals surface area contributed by atoms with Crippen LogP contribution < -0.4 is 10.6 Å². The molecule has 27 heavy (non-hydrogen) atoms. The molecule has 0 atom stereocenters. The van der Waals surface area contributed by atoms with Gasteiger partial charge in [-0.05, 0) is 30.9 Å². The number of guanidine groups is 1. The second kappa shape index (κ2) is 9.82. The van der Waals surface area contributed by atoms with Crippen molar-refractivity contribution in [2.24, 2.45) is 12.0 Å². The highest BCUT2D eigenvalue weighted by atomic mass is 32.1. The fraction of sp³-hybridized carbons (Fsp3) is 0.611. The van der Waals surface area contributed by atoms with Crippen LogP contribution in [0.25, 0.3) is 0 Å². The molecule has 1 aliphatic rings. The fourth-order valence-corrected chi connectivity index (χ4v) is 3.67. The standard InChI is InChI=1S/C18H29N7OS/c1-14-4-11-27-16(14)12-20-18(19-5-6-25-7-9-26-10-8-25)21-13-17-23-22-15(2)24(17)3/h4,11H,5-10,12-13H2,1-3H3,(H2,19,20,21). The second-order valence-corrected chi connectivity index (χ2v) is 7.65. The van der Waals surface area contributed by atoms with Gasteiger partial charge < -0.3 is 19.9 Å². The Kier molecular flexibility index (Phi) is 7.19. The molecule has 2 N–H and O–H groups in total. The minimum atomic E-state index is 0.494. The number of nitrogens with zero attached hydrogens (tertiary/aromatic N) is 5. The van der Waals surface area contributed by atoms with E-state index in [0.717, 1.165) is 63.5 Å². The Morgan fingerprint density at radius 3 is 2.74 bits per heavy atom. The molecule has 9 heteroatoms. The van der Waals surface area contributed by atoms with Crippen LogP contribution in [0.15, 0.2) is 16.4 Å². The summed E-state index contributed by atoms with van der Waals surface area (Å²) < 4.78 is 7.38. The molecule has 0 radical (unpaired) electrons. The van der Waals surface area contributed by atoms with Gasteiger partial charge in [-0.25, -0.2) is 4.99 Å². The van der Waals surface area contributed by atoms with Crippen molar-refractivity contribution in [3.05, 3.63) is 33.5 Å². The summed E-state index contributed by atoms with van der Waals surface area (Å²) >= 11 is 1.76. The maximum Gasteiger partial charge on any atom is 0.192 e. The van der Waals surface area contributed by atoms with Gasteiger partial charge in [0, 0.05) is 38.1 Å². The Labute approximate surface area is 164 Å². The van der Waals surface area contributed by atoms with E-state index in [1.54, 1.807) is 11.3 Å². The van der Waals surface area contributed by atoms with Crippen LogP contribution in [-0.4, -0.2) is 65.0 Å². The first-order valence-electron chi connectivity index (χ1n) is 9.33. The highest BCUT2D eigenvalue weighted by Crippen LogP contribution is 2.14. The van der Waals surface area contributed by atoms with Crippen LogP contribution in [-0.2, 0) is 24.9 Å². The van der Waals surface area contributed by atoms with Crippen LogP contribution in [0, 0.1) is 13.8 Å². The lowest BCUT2D eigenvalue weighted by molar-refractivity contribution is 0.0389. The van der Waals surface area contributed by atoms with E-state index in [0.29, 0.717) is 6.54 Å². The van der Waals surface area contributed by atoms with E-state index in [-0.39, 0.29) is 0 Å². The molecule has 1 fully saturated rings. The number of aliphatic imine (C=N–C) groups is 1. The van der Waals surface area contributed by atoms with Crippen LogP contribution in [0.1, 0.15) is 22.1 Å². The molecule has 0 amide bonds. The number of aromatic nitrogens is 3. The van der Waals surface area contributed by atoms with Crippen molar-refractivity contribution in [3.63, 3.8) is 0 Å². The maximum absolute atomic E-state index is 5.41. The summed E-state index contributed by atoms with van der Waals surface area (Å²) in [6.07, 6.45) is 0. The van der Waals surface area contributed by atoms with Crippen LogP contribution in [0.3, 0.4) is 0 Å². The maximum atomic E-state index is 5.41. The van der Waals surface area contributed by atoms with E-state index in [2.05, 4.69) is 44.1 Å². The van der Waals surface area contributed by atoms with Crippen LogP contribution in [0.2, 0.25) is 0 Å². The lowest BCUT2D eigenvalue weighted by Crippen LogP contribution is -2.44. The molecule has 0 saturated carbocycles. The average Bonchev–Trinajstić information content (AvgIpc) is 3.23. The minimum Gasteiger partial charge on any atom is -0.379 e. The first kappa shape index (κ1) is 19.8. The van der Waals surface area contributed by atoms with Gasteiger partial charge in [0.05, 0.1) is 19.8 Å². The lowest BCUT2D eigenvalue weighted by atomic mass is 10.3. The van der Waals surface area contributed by atoms with E-state index in [1.165, 1.54) is 10.4 Å². The molecule has 1 saturated heterocycles. The Balaban J connectivity index is 1.57. The Bertz CT molecular complexity index is 749. The van der Waals surface area contributed by atoms with Crippen molar-refractivity contribution in [1.29, 1.82) is 0 Å². The number of hydrogen-bond acceptors (Lipinski definition) is 6. The van der Waals surface area contributed by atoms with Crippen molar-refractivity contribution in [1.82, 2.24) is 30.3 Å². The van der Waals surface area contributed by atoms with E-state index in [4.69, 9.17) is 9.73 Å². The van der Waals surface area contributed by atoms with E-state index in [9.17, 15) is 0 Å². The van der Waals surface area contributed by atoms with Gasteiger partial charge in [-0.1, -0.05) is 0 Å². The third kappa shape index (κ3) is 5.75. The molecule has 2 aromatic heterocycles. The van der Waals surface area contributed by atoms with Crippen molar-refractivity contribution in [2.75, 3.05) is 39.4 Å². The zero-order valence-corrected chi connectivity index (χ0v) is 17.2. The van der Waals surface area contributed by atoms with Crippen LogP contribution in [0.5, 0.6) is 0 Å². The number of aryl methyl sites for hydroxylation is 2. The molecule has 0 unspecified atom stereocenters. The molecule has 148 valence electrons. The number of thiophene rings is 1. The van der Waals surface area contributed by atoms with Gasteiger partial charge in [0.2, 0.25) is 0 Å². The summed E-state index contributed by atoms with van der Waals surface area (Å²) in [5.41, 5.74) is 1.31. The van der Waals surface area contributed by atoms with Crippen molar-refractivity contribution >= 4 is 17.3 Å². The van der Waals surface area contributed by atoms with E-state index >= 15 is 0 Å². The average molecular weight is 392 g/mol. The van der Waals surface area contributed by atoms with Crippen LogP contribution in [0.4, 0.5) is 0 Å². The predicted molar refractivity (Wildman–Crippen MR) is 108 cm³/mol. The summed E-state index contributed by atoms with van der Waals surface area (Å²) in [5, 5.41) is 17.3. The molecule has 2 aromatic rings. The van der Waals surface area contributed by atoms with Gasteiger partial charge in [-0.15, -0.1) is 21.5 Å². The Hall–Kier alpha value is -1.97. The number of rotatable bonds is 7. The predicted octanol–water partition coefficient (Wildman–Crippen LogP) is 1.06. The summed E-state index contributed by atoms with van der Waals surface area (Å²) in [7, 11) is 1.97. The van der Waals surface area contributed by atoms with Gasteiger partial charge >= 0.3 is 0 Å². The number of morpholine rings is 1. The monoisotopic (exact) mass is 391 g/mol. The van der Waals surface area contributed by atoms with Crippen molar-refractivity contribution in [2.45, 2.75) is 26.9 Å². The summed E-state index contributed by atoms with van der Waals surface area (Å²) in [5.74, 6) is 2.55. The molecule has 3 heterocycles. The molecule has 8 nitrogen and oxygen atoms in total. The van der Waals surface area contributed by atoms with E-state index < -0.39 is 0 Å². The topological polar surface area (TPSA) is 79.6 Å². The fourth-order valence-electron chi connectivity index (χ4n) is 2.82. The third-order valence-electron chi connectivity index (χ3n) is 4.77. The highest BCUT2D eigenvalue weighted by Gasteiger charge is 2.10. The first-order valence-corrected chi connectivity index (χ1v) is 10.2. The van der Waals surface area contributed by atoms with Crippen molar-refractivity contribution in [3.8, 4) is 0 Å². The molecule has 0 aromatic carbocycles. The van der Waals surface area contributed by atoms with Gasteiger partial charge in [0.15, 0.2) is 11.8 Å². The zero-order valence-electron chi connectivity index (χ0n) is 16.4. The molecule has 1 aliphatic heterocycles. The molecule has 3 rings (SSSR count). The molecular weight excluding hydrogens is 362 g/mol. The molecular formula is C18H29N7OS. The molecule has 0 bridgehead atoms. The van der Waals surface area contributed by atoms with Crippen LogP contribution >= 0.6 is 11.3 Å². The summed E-state index contributed by atoms with van der Waals surface area (Å²) in [6, 6.07) is 2.15. The molecule has 0 aliphatic carbocycles. The second-order valence-electron chi connectivity index (χ2n) is 6.65. The number of hydrogen-bond donors (Lipinski definition) is 2. The van der Waals surface area contributed by atoms with Gasteiger partial charge in [0.1, 0.15) is 12.4 Å². The Morgan fingerprint density at radius 2 is 2.07 bits per heavy atom. The van der Waals surface area contributed by atoms with Gasteiger partial charge in [-0.2, -0.15) is 0 Å². The minimum absolute atomic E-state index is 0.494. The molecule has 0 spiro atoms. The first-order chi connectivity index (χ1) is 13.1. The normalized spacial score (nSPS) is 15.9. The lowest BCUT2D eigenvalue weighted by Gasteiger charge is -2.26. The Morgan fingerprint density at radius 1 is 1.26 bits per heavy atom.